The van der Waals surface area contributed by atoms with E-state index in [1.807, 2.05) is 4.90 Å². The van der Waals surface area contributed by atoms with Gasteiger partial charge in [-0.25, -0.2) is 4.98 Å². The maximum atomic E-state index is 12.6. The molecule has 1 aliphatic rings. The van der Waals surface area contributed by atoms with Crippen LogP contribution in [0.2, 0.25) is 0 Å². The molecule has 1 aliphatic heterocycles. The molecule has 0 unspecified atom stereocenters. The molecule has 0 aromatic carbocycles. The zero-order chi connectivity index (χ0) is 13.9. The van der Waals surface area contributed by atoms with Gasteiger partial charge in [-0.15, -0.1) is 0 Å². The standard InChI is InChI=1S/C13H18F3N3/c14-13(15,16)11-2-6-18-12(9-11)19-7-3-10(1-5-17)4-8-19/h2,6,9-10H,1,3-5,7-8,17H2. The first-order valence-electron chi connectivity index (χ1n) is 6.49. The van der Waals surface area contributed by atoms with Crippen molar-refractivity contribution < 1.29 is 13.2 Å². The second kappa shape index (κ2) is 5.77. The van der Waals surface area contributed by atoms with Crippen molar-refractivity contribution in [3.05, 3.63) is 23.9 Å². The van der Waals surface area contributed by atoms with Gasteiger partial charge in [-0.1, -0.05) is 0 Å². The van der Waals surface area contributed by atoms with Crippen molar-refractivity contribution in [2.75, 3.05) is 24.5 Å². The monoisotopic (exact) mass is 273 g/mol. The third-order valence-corrected chi connectivity index (χ3v) is 3.59. The van der Waals surface area contributed by atoms with Crippen molar-refractivity contribution in [3.8, 4) is 0 Å². The summed E-state index contributed by atoms with van der Waals surface area (Å²) in [5, 5.41) is 0. The summed E-state index contributed by atoms with van der Waals surface area (Å²) in [5.74, 6) is 1.01. The van der Waals surface area contributed by atoms with Crippen LogP contribution in [0.5, 0.6) is 0 Å². The Balaban J connectivity index is 2.03. The number of nitrogens with two attached hydrogens (primary N) is 1. The van der Waals surface area contributed by atoms with Crippen LogP contribution in [0.15, 0.2) is 18.3 Å². The molecule has 19 heavy (non-hydrogen) atoms. The zero-order valence-electron chi connectivity index (χ0n) is 10.7. The van der Waals surface area contributed by atoms with E-state index >= 15 is 0 Å². The number of halogens is 3. The van der Waals surface area contributed by atoms with Crippen LogP contribution in [0.3, 0.4) is 0 Å². The van der Waals surface area contributed by atoms with Crippen LogP contribution in [0.1, 0.15) is 24.8 Å². The Morgan fingerprint density at radius 2 is 2.00 bits per heavy atom. The normalized spacial score (nSPS) is 17.8. The molecular formula is C13H18F3N3. The maximum absolute atomic E-state index is 12.6. The van der Waals surface area contributed by atoms with E-state index < -0.39 is 11.7 Å². The number of pyridine rings is 1. The van der Waals surface area contributed by atoms with E-state index in [1.54, 1.807) is 0 Å². The summed E-state index contributed by atoms with van der Waals surface area (Å²) in [7, 11) is 0. The first-order valence-corrected chi connectivity index (χ1v) is 6.49. The molecule has 0 amide bonds. The molecule has 0 aliphatic carbocycles. The van der Waals surface area contributed by atoms with Gasteiger partial charge in [-0.2, -0.15) is 13.2 Å². The molecule has 0 radical (unpaired) electrons. The Bertz CT molecular complexity index is 412. The van der Waals surface area contributed by atoms with Gasteiger partial charge < -0.3 is 10.6 Å². The van der Waals surface area contributed by atoms with Gasteiger partial charge in [0.25, 0.3) is 0 Å². The van der Waals surface area contributed by atoms with Crippen LogP contribution in [-0.2, 0) is 6.18 Å². The summed E-state index contributed by atoms with van der Waals surface area (Å²) in [6.45, 7) is 2.17. The average Bonchev–Trinajstić information content (AvgIpc) is 2.39. The highest BCUT2D eigenvalue weighted by Gasteiger charge is 2.31. The van der Waals surface area contributed by atoms with Gasteiger partial charge in [-0.05, 0) is 43.9 Å². The number of piperidine rings is 1. The SMILES string of the molecule is NCCC1CCN(c2cc(C(F)(F)F)ccn2)CC1. The quantitative estimate of drug-likeness (QED) is 0.920. The van der Waals surface area contributed by atoms with Crippen molar-refractivity contribution in [1.29, 1.82) is 0 Å². The van der Waals surface area contributed by atoms with Crippen LogP contribution in [0, 0.1) is 5.92 Å². The summed E-state index contributed by atoms with van der Waals surface area (Å²) in [6, 6.07) is 2.13. The minimum atomic E-state index is -4.31. The van der Waals surface area contributed by atoms with Crippen molar-refractivity contribution >= 4 is 5.82 Å². The van der Waals surface area contributed by atoms with Crippen LogP contribution < -0.4 is 10.6 Å². The van der Waals surface area contributed by atoms with Gasteiger partial charge >= 0.3 is 6.18 Å². The number of nitrogens with zero attached hydrogens (tertiary/aromatic N) is 2. The van der Waals surface area contributed by atoms with Gasteiger partial charge in [0.1, 0.15) is 5.82 Å². The van der Waals surface area contributed by atoms with Gasteiger partial charge in [0.05, 0.1) is 5.56 Å². The van der Waals surface area contributed by atoms with Crippen molar-refractivity contribution in [2.45, 2.75) is 25.4 Å². The largest absolute Gasteiger partial charge is 0.416 e. The number of rotatable bonds is 3. The molecular weight excluding hydrogens is 255 g/mol. The van der Waals surface area contributed by atoms with Crippen LogP contribution >= 0.6 is 0 Å². The number of anilines is 1. The fourth-order valence-corrected chi connectivity index (χ4v) is 2.45. The highest BCUT2D eigenvalue weighted by molar-refractivity contribution is 5.42. The Kier molecular flexibility index (Phi) is 4.29. The lowest BCUT2D eigenvalue weighted by molar-refractivity contribution is -0.137. The van der Waals surface area contributed by atoms with Crippen molar-refractivity contribution in [3.63, 3.8) is 0 Å². The fraction of sp³-hybridized carbons (Fsp3) is 0.615. The van der Waals surface area contributed by atoms with Crippen LogP contribution in [0.4, 0.5) is 19.0 Å². The Morgan fingerprint density at radius 3 is 2.58 bits per heavy atom. The van der Waals surface area contributed by atoms with E-state index in [1.165, 1.54) is 6.20 Å². The average molecular weight is 273 g/mol. The molecule has 0 spiro atoms. The highest BCUT2D eigenvalue weighted by atomic mass is 19.4. The summed E-state index contributed by atoms with van der Waals surface area (Å²) in [6.07, 6.45) is -0.159. The molecule has 1 fully saturated rings. The van der Waals surface area contributed by atoms with E-state index in [4.69, 9.17) is 5.73 Å². The minimum Gasteiger partial charge on any atom is -0.357 e. The van der Waals surface area contributed by atoms with Gasteiger partial charge in [0.2, 0.25) is 0 Å². The lowest BCUT2D eigenvalue weighted by Gasteiger charge is -2.32. The topological polar surface area (TPSA) is 42.1 Å². The predicted octanol–water partition coefficient (Wildman–Crippen LogP) is 2.67. The number of aromatic nitrogens is 1. The molecule has 2 heterocycles. The minimum absolute atomic E-state index is 0.418. The second-order valence-electron chi connectivity index (χ2n) is 4.91. The van der Waals surface area contributed by atoms with Gasteiger partial charge in [0, 0.05) is 19.3 Å². The second-order valence-corrected chi connectivity index (χ2v) is 4.91. The third kappa shape index (κ3) is 3.59. The van der Waals surface area contributed by atoms with E-state index in [0.717, 1.165) is 44.5 Å². The Morgan fingerprint density at radius 1 is 1.32 bits per heavy atom. The first-order chi connectivity index (χ1) is 9.00. The highest BCUT2D eigenvalue weighted by Crippen LogP contribution is 2.31. The maximum Gasteiger partial charge on any atom is 0.416 e. The molecule has 6 heteroatoms. The van der Waals surface area contributed by atoms with Crippen molar-refractivity contribution in [2.24, 2.45) is 11.7 Å². The summed E-state index contributed by atoms with van der Waals surface area (Å²) in [4.78, 5) is 5.97. The lowest BCUT2D eigenvalue weighted by atomic mass is 9.93. The van der Waals surface area contributed by atoms with Crippen LogP contribution in [-0.4, -0.2) is 24.6 Å². The van der Waals surface area contributed by atoms with E-state index in [2.05, 4.69) is 4.98 Å². The molecule has 1 saturated heterocycles. The predicted molar refractivity (Wildman–Crippen MR) is 67.8 cm³/mol. The van der Waals surface area contributed by atoms with Gasteiger partial charge in [0.15, 0.2) is 0 Å². The summed E-state index contributed by atoms with van der Waals surface area (Å²) < 4.78 is 37.9. The molecule has 0 saturated carbocycles. The molecule has 1 aromatic heterocycles. The Labute approximate surface area is 110 Å². The first kappa shape index (κ1) is 14.1. The Hall–Kier alpha value is -1.30. The smallest absolute Gasteiger partial charge is 0.357 e. The molecule has 2 rings (SSSR count). The van der Waals surface area contributed by atoms with Gasteiger partial charge in [-0.3, -0.25) is 0 Å². The lowest BCUT2D eigenvalue weighted by Crippen LogP contribution is -2.35. The summed E-state index contributed by atoms with van der Waals surface area (Å²) in [5.41, 5.74) is 4.88. The number of hydrogen-bond donors (Lipinski definition) is 1. The fourth-order valence-electron chi connectivity index (χ4n) is 2.45. The number of hydrogen-bond acceptors (Lipinski definition) is 3. The van der Waals surface area contributed by atoms with E-state index in [9.17, 15) is 13.2 Å². The molecule has 0 bridgehead atoms. The van der Waals surface area contributed by atoms with E-state index in [-0.39, 0.29) is 0 Å². The molecule has 3 nitrogen and oxygen atoms in total. The van der Waals surface area contributed by atoms with Crippen LogP contribution in [0.25, 0.3) is 0 Å². The summed E-state index contributed by atoms with van der Waals surface area (Å²) >= 11 is 0. The molecule has 106 valence electrons. The molecule has 0 atom stereocenters. The third-order valence-electron chi connectivity index (χ3n) is 3.59. The zero-order valence-corrected chi connectivity index (χ0v) is 10.7. The molecule has 2 N–H and O–H groups in total. The van der Waals surface area contributed by atoms with Crippen molar-refractivity contribution in [1.82, 2.24) is 4.98 Å². The number of alkyl halides is 3. The molecule has 1 aromatic rings. The van der Waals surface area contributed by atoms with E-state index in [0.29, 0.717) is 18.3 Å².